The SMILES string of the molecule is CC.CC(C)CCN/C(=C\C(N)CO)OCc1cc(F)c(F)cc1F. The van der Waals surface area contributed by atoms with Crippen LogP contribution in [0.1, 0.15) is 39.7 Å². The van der Waals surface area contributed by atoms with Crippen molar-refractivity contribution in [2.45, 2.75) is 46.8 Å². The number of hydrogen-bond acceptors (Lipinski definition) is 4. The van der Waals surface area contributed by atoms with Gasteiger partial charge in [0.25, 0.3) is 0 Å². The fourth-order valence-corrected chi connectivity index (χ4v) is 1.72. The Morgan fingerprint density at radius 2 is 1.80 bits per heavy atom. The minimum atomic E-state index is -1.25. The monoisotopic (exact) mass is 362 g/mol. The number of hydrogen-bond donors (Lipinski definition) is 3. The molecule has 0 radical (unpaired) electrons. The molecule has 0 spiro atoms. The van der Waals surface area contributed by atoms with Crippen molar-refractivity contribution in [3.8, 4) is 0 Å². The summed E-state index contributed by atoms with van der Waals surface area (Å²) in [6, 6.07) is 0.581. The highest BCUT2D eigenvalue weighted by molar-refractivity contribution is 5.19. The highest BCUT2D eigenvalue weighted by Crippen LogP contribution is 2.15. The zero-order valence-corrected chi connectivity index (χ0v) is 15.3. The Morgan fingerprint density at radius 3 is 2.36 bits per heavy atom. The highest BCUT2D eigenvalue weighted by atomic mass is 19.2. The molecule has 1 rings (SSSR count). The van der Waals surface area contributed by atoms with Crippen LogP contribution >= 0.6 is 0 Å². The third-order valence-corrected chi connectivity index (χ3v) is 3.07. The van der Waals surface area contributed by atoms with Gasteiger partial charge in [0.1, 0.15) is 12.4 Å². The zero-order valence-electron chi connectivity index (χ0n) is 15.3. The maximum atomic E-state index is 13.6. The number of rotatable bonds is 9. The number of nitrogens with two attached hydrogens (primary N) is 1. The first-order valence-corrected chi connectivity index (χ1v) is 8.41. The molecular formula is C18H29F3N2O2. The Kier molecular flexibility index (Phi) is 11.7. The second-order valence-electron chi connectivity index (χ2n) is 5.63. The van der Waals surface area contributed by atoms with Crippen molar-refractivity contribution in [2.75, 3.05) is 13.2 Å². The first-order valence-electron chi connectivity index (χ1n) is 8.41. The van der Waals surface area contributed by atoms with E-state index in [2.05, 4.69) is 19.2 Å². The molecule has 0 amide bonds. The molecule has 0 fully saturated rings. The molecule has 0 aliphatic heterocycles. The highest BCUT2D eigenvalue weighted by Gasteiger charge is 2.11. The van der Waals surface area contributed by atoms with E-state index in [9.17, 15) is 13.2 Å². The van der Waals surface area contributed by atoms with Gasteiger partial charge < -0.3 is 20.9 Å². The van der Waals surface area contributed by atoms with Gasteiger partial charge in [-0.05, 0) is 24.5 Å². The first kappa shape index (κ1) is 23.3. The van der Waals surface area contributed by atoms with Crippen LogP contribution in [0.5, 0.6) is 0 Å². The van der Waals surface area contributed by atoms with Gasteiger partial charge >= 0.3 is 0 Å². The van der Waals surface area contributed by atoms with Crippen LogP contribution in [0, 0.1) is 23.4 Å². The van der Waals surface area contributed by atoms with Crippen molar-refractivity contribution in [3.05, 3.63) is 47.1 Å². The number of ether oxygens (including phenoxy) is 1. The van der Waals surface area contributed by atoms with E-state index in [4.69, 9.17) is 15.6 Å². The summed E-state index contributed by atoms with van der Waals surface area (Å²) in [5.74, 6) is -2.55. The molecule has 1 aromatic carbocycles. The third-order valence-electron chi connectivity index (χ3n) is 3.07. The molecule has 1 aromatic rings. The molecule has 7 heteroatoms. The van der Waals surface area contributed by atoms with Crippen molar-refractivity contribution in [1.82, 2.24) is 5.32 Å². The molecule has 0 heterocycles. The zero-order chi connectivity index (χ0) is 19.4. The van der Waals surface area contributed by atoms with Gasteiger partial charge in [0.15, 0.2) is 17.5 Å². The molecule has 4 nitrogen and oxygen atoms in total. The Balaban J connectivity index is 0.00000277. The third kappa shape index (κ3) is 9.36. The fraction of sp³-hybridized carbons (Fsp3) is 0.556. The number of aliphatic hydroxyl groups excluding tert-OH is 1. The second kappa shape index (κ2) is 12.6. The summed E-state index contributed by atoms with van der Waals surface area (Å²) in [6.45, 7) is 8.14. The fourth-order valence-electron chi connectivity index (χ4n) is 1.72. The van der Waals surface area contributed by atoms with Crippen LogP contribution in [0.4, 0.5) is 13.2 Å². The summed E-state index contributed by atoms with van der Waals surface area (Å²) in [6.07, 6.45) is 2.33. The smallest absolute Gasteiger partial charge is 0.184 e. The lowest BCUT2D eigenvalue weighted by atomic mass is 10.1. The van der Waals surface area contributed by atoms with Crippen molar-refractivity contribution < 1.29 is 23.0 Å². The molecule has 1 atom stereocenters. The predicted molar refractivity (Wildman–Crippen MR) is 93.1 cm³/mol. The van der Waals surface area contributed by atoms with Crippen LogP contribution in [-0.4, -0.2) is 24.3 Å². The summed E-state index contributed by atoms with van der Waals surface area (Å²) in [4.78, 5) is 0. The molecule has 0 bridgehead atoms. The predicted octanol–water partition coefficient (Wildman–Crippen LogP) is 3.44. The first-order chi connectivity index (χ1) is 11.8. The Morgan fingerprint density at radius 1 is 1.20 bits per heavy atom. The van der Waals surface area contributed by atoms with Crippen LogP contribution < -0.4 is 11.1 Å². The molecule has 0 aromatic heterocycles. The molecule has 0 saturated carbocycles. The van der Waals surface area contributed by atoms with Crippen molar-refractivity contribution >= 4 is 0 Å². The van der Waals surface area contributed by atoms with E-state index < -0.39 is 23.5 Å². The Labute approximate surface area is 147 Å². The molecular weight excluding hydrogens is 333 g/mol. The standard InChI is InChI=1S/C16H23F3N2O2.C2H6/c1-10(2)3-4-21-16(6-12(20)8-22)23-9-11-5-14(18)15(19)7-13(11)17;1-2/h5-7,10,12,21-22H,3-4,8-9,20H2,1-2H3;1-2H3/b16-6+;. The van der Waals surface area contributed by atoms with Crippen LogP contribution in [0.15, 0.2) is 24.1 Å². The summed E-state index contributed by atoms with van der Waals surface area (Å²) >= 11 is 0. The van der Waals surface area contributed by atoms with E-state index in [0.717, 1.165) is 12.5 Å². The minimum absolute atomic E-state index is 0.113. The summed E-state index contributed by atoms with van der Waals surface area (Å²) in [7, 11) is 0. The van der Waals surface area contributed by atoms with E-state index in [1.807, 2.05) is 13.8 Å². The summed E-state index contributed by atoms with van der Waals surface area (Å²) < 4.78 is 45.0. The van der Waals surface area contributed by atoms with E-state index in [1.54, 1.807) is 0 Å². The lowest BCUT2D eigenvalue weighted by molar-refractivity contribution is 0.169. The van der Waals surface area contributed by atoms with Crippen molar-refractivity contribution in [2.24, 2.45) is 11.7 Å². The molecule has 4 N–H and O–H groups in total. The van der Waals surface area contributed by atoms with Crippen molar-refractivity contribution in [1.29, 1.82) is 0 Å². The normalized spacial score (nSPS) is 12.5. The number of halogens is 3. The molecule has 0 aliphatic rings. The van der Waals surface area contributed by atoms with Gasteiger partial charge in [0, 0.05) is 18.2 Å². The quantitative estimate of drug-likeness (QED) is 0.465. The average molecular weight is 362 g/mol. The van der Waals surface area contributed by atoms with Crippen LogP contribution in [0.25, 0.3) is 0 Å². The van der Waals surface area contributed by atoms with E-state index >= 15 is 0 Å². The lowest BCUT2D eigenvalue weighted by Crippen LogP contribution is -2.26. The molecule has 25 heavy (non-hydrogen) atoms. The minimum Gasteiger partial charge on any atom is -0.474 e. The van der Waals surface area contributed by atoms with Crippen LogP contribution in [0.2, 0.25) is 0 Å². The lowest BCUT2D eigenvalue weighted by Gasteiger charge is -2.16. The average Bonchev–Trinajstić information content (AvgIpc) is 2.57. The Hall–Kier alpha value is -1.73. The van der Waals surface area contributed by atoms with Crippen LogP contribution in [-0.2, 0) is 11.3 Å². The largest absolute Gasteiger partial charge is 0.474 e. The molecule has 1 unspecified atom stereocenters. The van der Waals surface area contributed by atoms with Gasteiger partial charge in [-0.2, -0.15) is 0 Å². The molecule has 0 saturated heterocycles. The van der Waals surface area contributed by atoms with Crippen LogP contribution in [0.3, 0.4) is 0 Å². The van der Waals surface area contributed by atoms with E-state index in [-0.39, 0.29) is 24.7 Å². The maximum absolute atomic E-state index is 13.6. The second-order valence-corrected chi connectivity index (χ2v) is 5.63. The van der Waals surface area contributed by atoms with E-state index in [1.165, 1.54) is 6.08 Å². The number of benzene rings is 1. The van der Waals surface area contributed by atoms with Gasteiger partial charge in [0.2, 0.25) is 0 Å². The van der Waals surface area contributed by atoms with Gasteiger partial charge in [-0.1, -0.05) is 27.7 Å². The Bertz CT molecular complexity index is 537. The summed E-state index contributed by atoms with van der Waals surface area (Å²) in [5, 5.41) is 12.0. The van der Waals surface area contributed by atoms with Gasteiger partial charge in [-0.15, -0.1) is 0 Å². The summed E-state index contributed by atoms with van der Waals surface area (Å²) in [5.41, 5.74) is 5.51. The maximum Gasteiger partial charge on any atom is 0.184 e. The topological polar surface area (TPSA) is 67.5 Å². The molecule has 0 aliphatic carbocycles. The molecule has 144 valence electrons. The van der Waals surface area contributed by atoms with Gasteiger partial charge in [-0.25, -0.2) is 13.2 Å². The van der Waals surface area contributed by atoms with E-state index in [0.29, 0.717) is 18.5 Å². The van der Waals surface area contributed by atoms with Crippen molar-refractivity contribution in [3.63, 3.8) is 0 Å². The number of nitrogens with one attached hydrogen (secondary N) is 1. The van der Waals surface area contributed by atoms with Gasteiger partial charge in [0.05, 0.1) is 12.6 Å². The van der Waals surface area contributed by atoms with Gasteiger partial charge in [-0.3, -0.25) is 0 Å². The number of aliphatic hydroxyl groups is 1.